The molecular formula is C19H30O7. The van der Waals surface area contributed by atoms with Crippen LogP contribution >= 0.6 is 0 Å². The Morgan fingerprint density at radius 3 is 2.50 bits per heavy atom. The maximum Gasteiger partial charge on any atom is 0.227 e. The van der Waals surface area contributed by atoms with Crippen molar-refractivity contribution in [2.75, 3.05) is 0 Å². The molecule has 6 saturated heterocycles. The first-order chi connectivity index (χ1) is 12.5. The molecule has 10 atom stereocenters. The van der Waals surface area contributed by atoms with Crippen molar-refractivity contribution in [3.05, 3.63) is 0 Å². The first-order valence-corrected chi connectivity index (χ1v) is 10.3. The van der Waals surface area contributed by atoms with Crippen LogP contribution < -0.4 is 0 Å². The molecular weight excluding hydrogens is 340 g/mol. The van der Waals surface area contributed by atoms with Gasteiger partial charge in [-0.3, -0.25) is 0 Å². The third-order valence-electron chi connectivity index (χ3n) is 6.88. The number of unbranched alkanes of at least 4 members (excludes halogenated alkanes) is 2. The van der Waals surface area contributed by atoms with Gasteiger partial charge in [0.25, 0.3) is 0 Å². The molecule has 0 saturated carbocycles. The summed E-state index contributed by atoms with van der Waals surface area (Å²) in [5.41, 5.74) is 0. The first kappa shape index (κ1) is 17.8. The highest BCUT2D eigenvalue weighted by Crippen LogP contribution is 2.57. The van der Waals surface area contributed by atoms with Gasteiger partial charge in [-0.25, -0.2) is 0 Å². The highest BCUT2D eigenvalue weighted by molar-refractivity contribution is 5.18. The van der Waals surface area contributed by atoms with E-state index in [2.05, 4.69) is 13.8 Å². The Hall–Kier alpha value is -0.280. The number of hydrogen-bond acceptors (Lipinski definition) is 7. The molecule has 26 heavy (non-hydrogen) atoms. The van der Waals surface area contributed by atoms with Crippen molar-refractivity contribution in [1.82, 2.24) is 0 Å². The van der Waals surface area contributed by atoms with Gasteiger partial charge in [0.15, 0.2) is 6.10 Å². The molecule has 148 valence electrons. The summed E-state index contributed by atoms with van der Waals surface area (Å²) in [5, 5.41) is 22.0. The largest absolute Gasteiger partial charge is 0.382 e. The van der Waals surface area contributed by atoms with E-state index in [4.69, 9.17) is 23.7 Å². The van der Waals surface area contributed by atoms with E-state index in [1.807, 2.05) is 0 Å². The van der Waals surface area contributed by atoms with Gasteiger partial charge in [0.05, 0.1) is 12.2 Å². The fourth-order valence-corrected chi connectivity index (χ4v) is 5.48. The van der Waals surface area contributed by atoms with Crippen molar-refractivity contribution in [3.8, 4) is 0 Å². The minimum Gasteiger partial charge on any atom is -0.382 e. The molecule has 0 spiro atoms. The lowest BCUT2D eigenvalue weighted by molar-refractivity contribution is -0.305. The number of aliphatic hydroxyl groups is 2. The van der Waals surface area contributed by atoms with Crippen LogP contribution in [0.2, 0.25) is 0 Å². The van der Waals surface area contributed by atoms with Crippen molar-refractivity contribution in [2.24, 2.45) is 0 Å². The molecule has 0 aromatic heterocycles. The fraction of sp³-hybridized carbons (Fsp3) is 1.00. The lowest BCUT2D eigenvalue weighted by atomic mass is 9.86. The van der Waals surface area contributed by atoms with Crippen molar-refractivity contribution >= 4 is 0 Å². The van der Waals surface area contributed by atoms with E-state index in [9.17, 15) is 10.2 Å². The summed E-state index contributed by atoms with van der Waals surface area (Å²) in [5.74, 6) is -3.02. The number of hydrogen-bond donors (Lipinski definition) is 2. The van der Waals surface area contributed by atoms with E-state index < -0.39 is 42.1 Å². The van der Waals surface area contributed by atoms with Gasteiger partial charge in [0.2, 0.25) is 11.6 Å². The zero-order chi connectivity index (χ0) is 18.1. The average Bonchev–Trinajstić information content (AvgIpc) is 2.95. The molecule has 6 fully saturated rings. The van der Waals surface area contributed by atoms with Crippen molar-refractivity contribution < 1.29 is 33.9 Å². The van der Waals surface area contributed by atoms with Gasteiger partial charge in [-0.05, 0) is 25.7 Å². The Morgan fingerprint density at radius 1 is 0.923 bits per heavy atom. The first-order valence-electron chi connectivity index (χ1n) is 10.3. The van der Waals surface area contributed by atoms with Gasteiger partial charge >= 0.3 is 0 Å². The van der Waals surface area contributed by atoms with Gasteiger partial charge < -0.3 is 33.9 Å². The monoisotopic (exact) mass is 370 g/mol. The van der Waals surface area contributed by atoms with E-state index in [0.717, 1.165) is 38.5 Å². The van der Waals surface area contributed by atoms with E-state index >= 15 is 0 Å². The lowest BCUT2D eigenvalue weighted by Crippen LogP contribution is -2.62. The Kier molecular flexibility index (Phi) is 4.18. The maximum absolute atomic E-state index is 11.1. The Balaban J connectivity index is 1.49. The topological polar surface area (TPSA) is 86.6 Å². The third kappa shape index (κ3) is 2.25. The Labute approximate surface area is 153 Å². The van der Waals surface area contributed by atoms with Crippen LogP contribution in [0.15, 0.2) is 0 Å². The van der Waals surface area contributed by atoms with E-state index in [-0.39, 0.29) is 18.3 Å². The molecule has 0 aromatic rings. The van der Waals surface area contributed by atoms with Crippen LogP contribution in [-0.4, -0.2) is 70.6 Å². The minimum atomic E-state index is -1.77. The molecule has 1 unspecified atom stereocenters. The van der Waals surface area contributed by atoms with Crippen LogP contribution in [0.4, 0.5) is 0 Å². The standard InChI is InChI=1S/C19H30O7/c1-3-5-6-9-18-17(20)19(21)16(26-18)15-14(25-19)13(24-18)12-11(23-15)8-7-10(4-2)22-12/h10-17,20-21H,3-9H2,1-2H3/t10-,11-,12-,13-,14-,15?,16-,17+,18+,19+/m0/s1. The second-order valence-electron chi connectivity index (χ2n) is 8.47. The molecule has 6 aliphatic rings. The Bertz CT molecular complexity index is 558. The summed E-state index contributed by atoms with van der Waals surface area (Å²) < 4.78 is 31.1. The lowest BCUT2D eigenvalue weighted by Gasteiger charge is -2.47. The van der Waals surface area contributed by atoms with Gasteiger partial charge in [-0.2, -0.15) is 0 Å². The molecule has 6 rings (SSSR count). The quantitative estimate of drug-likeness (QED) is 0.704. The molecule has 6 aliphatic heterocycles. The molecule has 7 heteroatoms. The highest BCUT2D eigenvalue weighted by Gasteiger charge is 2.78. The van der Waals surface area contributed by atoms with Crippen molar-refractivity contribution in [3.63, 3.8) is 0 Å². The van der Waals surface area contributed by atoms with Crippen LogP contribution in [0.3, 0.4) is 0 Å². The predicted molar refractivity (Wildman–Crippen MR) is 89.3 cm³/mol. The summed E-state index contributed by atoms with van der Waals surface area (Å²) in [4.78, 5) is 0. The van der Waals surface area contributed by atoms with Gasteiger partial charge in [0.1, 0.15) is 30.5 Å². The average molecular weight is 370 g/mol. The SMILES string of the molecule is CCCCC[C@]12O[C@H]3[C@H]4O[C@@H](CC)CC[C@@H]4OC4[C@H]3O[C@@](O)([C@@H]1O)[C@H]4O2. The van der Waals surface area contributed by atoms with Crippen LogP contribution in [0.1, 0.15) is 58.8 Å². The molecule has 2 N–H and O–H groups in total. The summed E-state index contributed by atoms with van der Waals surface area (Å²) >= 11 is 0. The summed E-state index contributed by atoms with van der Waals surface area (Å²) in [6, 6.07) is 0. The molecule has 6 bridgehead atoms. The normalized spacial score (nSPS) is 57.2. The van der Waals surface area contributed by atoms with E-state index in [1.165, 1.54) is 0 Å². The molecule has 6 heterocycles. The van der Waals surface area contributed by atoms with Crippen LogP contribution in [0.25, 0.3) is 0 Å². The second kappa shape index (κ2) is 6.11. The number of rotatable bonds is 5. The smallest absolute Gasteiger partial charge is 0.227 e. The maximum atomic E-state index is 11.1. The summed E-state index contributed by atoms with van der Waals surface area (Å²) in [6.07, 6.45) is 2.82. The highest BCUT2D eigenvalue weighted by atomic mass is 16.8. The number of fused-ring (bicyclic) bond motifs is 1. The fourth-order valence-electron chi connectivity index (χ4n) is 5.48. The minimum absolute atomic E-state index is 0.0808. The second-order valence-corrected chi connectivity index (χ2v) is 8.47. The van der Waals surface area contributed by atoms with E-state index in [1.54, 1.807) is 0 Å². The zero-order valence-electron chi connectivity index (χ0n) is 15.5. The molecule has 0 radical (unpaired) electrons. The zero-order valence-corrected chi connectivity index (χ0v) is 15.5. The third-order valence-corrected chi connectivity index (χ3v) is 6.88. The molecule has 0 amide bonds. The van der Waals surface area contributed by atoms with Gasteiger partial charge in [-0.15, -0.1) is 0 Å². The summed E-state index contributed by atoms with van der Waals surface area (Å²) in [7, 11) is 0. The van der Waals surface area contributed by atoms with Crippen molar-refractivity contribution in [2.45, 2.75) is 119 Å². The number of aliphatic hydroxyl groups excluding tert-OH is 1. The Morgan fingerprint density at radius 2 is 1.73 bits per heavy atom. The predicted octanol–water partition coefficient (Wildman–Crippen LogP) is 1.23. The van der Waals surface area contributed by atoms with E-state index in [0.29, 0.717) is 6.42 Å². The van der Waals surface area contributed by atoms with Crippen LogP contribution in [-0.2, 0) is 23.7 Å². The van der Waals surface area contributed by atoms with Gasteiger partial charge in [0, 0.05) is 6.42 Å². The molecule has 0 aliphatic carbocycles. The van der Waals surface area contributed by atoms with Crippen LogP contribution in [0, 0.1) is 0 Å². The van der Waals surface area contributed by atoms with Crippen molar-refractivity contribution in [1.29, 1.82) is 0 Å². The molecule has 0 aromatic carbocycles. The molecule has 7 nitrogen and oxygen atoms in total. The number of ether oxygens (including phenoxy) is 5. The van der Waals surface area contributed by atoms with Gasteiger partial charge in [-0.1, -0.05) is 26.7 Å². The summed E-state index contributed by atoms with van der Waals surface area (Å²) in [6.45, 7) is 4.24. The van der Waals surface area contributed by atoms with Crippen LogP contribution in [0.5, 0.6) is 0 Å².